The van der Waals surface area contributed by atoms with Gasteiger partial charge in [0.2, 0.25) is 5.79 Å². The molecule has 15 atom stereocenters. The van der Waals surface area contributed by atoms with Crippen molar-refractivity contribution in [1.29, 1.82) is 0 Å². The molecule has 3 saturated heterocycles. The van der Waals surface area contributed by atoms with Gasteiger partial charge >= 0.3 is 11.9 Å². The first kappa shape index (κ1) is 65.4. The van der Waals surface area contributed by atoms with Crippen molar-refractivity contribution in [2.24, 2.45) is 35.5 Å². The smallest absolute Gasteiger partial charge is 0.338 e. The standard InChI is InChI=1S/C64H95N3O14/c1-40-17-13-12-14-18-41(2)54(76-9)37-50-26-20-46(7)64(75,81-50)60(71)61(72)67-28-16-15-19-51(67)63(74)80-55(38-52(68)42(3)34-45(6)58(70)59(78-11)57(69)44(5)33-40)43(4)35-48-23-27-53(56(36-48)77-10)79-62(73)49-24-21-47(22-25-49)39-66-31-29-65(8)30-32-66/h12-14,17-18,21-22,24-25,34,40,42-44,46,48,50-51,53-56,58-59,70,75H,15-16,19-20,23,26-33,35-39H2,1-11H3/b14-12+,17-13+,41-18+,45-34+/t40-,42-,43-,44-,46-,48+,50+,51+,53-,54+,55+,56-,58-,59+,64-/m1/s1. The number of cyclic esters (lactones) is 1. The Morgan fingerprint density at radius 1 is 0.802 bits per heavy atom. The fourth-order valence-corrected chi connectivity index (χ4v) is 12.5. The van der Waals surface area contributed by atoms with E-state index in [1.807, 2.05) is 82.3 Å². The predicted octanol–water partition coefficient (Wildman–Crippen LogP) is 7.79. The topological polar surface area (TPSA) is 208 Å². The molecular formula is C64H95N3O14. The third-order valence-corrected chi connectivity index (χ3v) is 17.9. The summed E-state index contributed by atoms with van der Waals surface area (Å²) in [5, 5.41) is 23.7. The van der Waals surface area contributed by atoms with Gasteiger partial charge in [-0.15, -0.1) is 0 Å². The number of rotatable bonds is 10. The first-order chi connectivity index (χ1) is 38.6. The van der Waals surface area contributed by atoms with Gasteiger partial charge < -0.3 is 48.4 Å². The molecule has 5 aliphatic rings. The van der Waals surface area contributed by atoms with Crippen molar-refractivity contribution in [3.05, 3.63) is 83.0 Å². The number of fused-ring (bicyclic) bond motifs is 3. The van der Waals surface area contributed by atoms with Crippen LogP contribution in [-0.2, 0) is 58.9 Å². The largest absolute Gasteiger partial charge is 0.460 e. The van der Waals surface area contributed by atoms with E-state index in [1.54, 1.807) is 41.1 Å². The normalized spacial score (nSPS) is 36.3. The number of aliphatic hydroxyl groups excluding tert-OH is 1. The summed E-state index contributed by atoms with van der Waals surface area (Å²) >= 11 is 0. The van der Waals surface area contributed by atoms with Crippen LogP contribution in [0.3, 0.4) is 0 Å². The third kappa shape index (κ3) is 17.7. The number of amides is 1. The van der Waals surface area contributed by atoms with E-state index in [2.05, 4.69) is 16.8 Å². The minimum atomic E-state index is -2.46. The predicted molar refractivity (Wildman–Crippen MR) is 308 cm³/mol. The van der Waals surface area contributed by atoms with Gasteiger partial charge in [0.25, 0.3) is 11.7 Å². The molecule has 0 unspecified atom stereocenters. The van der Waals surface area contributed by atoms with Crippen molar-refractivity contribution in [1.82, 2.24) is 14.7 Å². The highest BCUT2D eigenvalue weighted by atomic mass is 16.6. The lowest BCUT2D eigenvalue weighted by molar-refractivity contribution is -0.265. The number of carbonyl (C=O) groups excluding carboxylic acids is 6. The lowest BCUT2D eigenvalue weighted by Gasteiger charge is -2.42. The van der Waals surface area contributed by atoms with E-state index < -0.39 is 102 Å². The zero-order valence-electron chi connectivity index (χ0n) is 50.2. The van der Waals surface area contributed by atoms with Crippen LogP contribution in [0.25, 0.3) is 0 Å². The molecule has 1 aromatic carbocycles. The lowest BCUT2D eigenvalue weighted by Crippen LogP contribution is -2.61. The first-order valence-electron chi connectivity index (χ1n) is 29.8. The number of aliphatic hydroxyl groups is 2. The molecule has 1 aliphatic carbocycles. The van der Waals surface area contributed by atoms with Crippen LogP contribution in [0.15, 0.2) is 71.9 Å². The summed E-state index contributed by atoms with van der Waals surface area (Å²) in [6.45, 7) is 17.6. The van der Waals surface area contributed by atoms with E-state index in [0.29, 0.717) is 75.3 Å². The number of carbonyl (C=O) groups is 6. The average molecular weight is 1130 g/mol. The molecule has 4 heterocycles. The molecule has 1 aromatic rings. The average Bonchev–Trinajstić information content (AvgIpc) is 3.64. The Balaban J connectivity index is 1.23. The van der Waals surface area contributed by atoms with E-state index in [-0.39, 0.29) is 42.8 Å². The fourth-order valence-electron chi connectivity index (χ4n) is 12.5. The van der Waals surface area contributed by atoms with Crippen molar-refractivity contribution >= 4 is 35.2 Å². The minimum absolute atomic E-state index is 0.00227. The molecule has 2 N–H and O–H groups in total. The fraction of sp³-hybridized carbons (Fsp3) is 0.688. The van der Waals surface area contributed by atoms with Crippen molar-refractivity contribution in [3.8, 4) is 0 Å². The number of hydrogen-bond donors (Lipinski definition) is 2. The van der Waals surface area contributed by atoms with Crippen LogP contribution >= 0.6 is 0 Å². The van der Waals surface area contributed by atoms with Gasteiger partial charge in [-0.2, -0.15) is 0 Å². The van der Waals surface area contributed by atoms with Gasteiger partial charge in [-0.3, -0.25) is 24.1 Å². The number of benzene rings is 1. The maximum atomic E-state index is 14.7. The second-order valence-corrected chi connectivity index (χ2v) is 24.2. The van der Waals surface area contributed by atoms with Crippen LogP contribution in [0.1, 0.15) is 141 Å². The number of ether oxygens (including phenoxy) is 6. The summed E-state index contributed by atoms with van der Waals surface area (Å²) in [5.74, 6) is -8.74. The maximum Gasteiger partial charge on any atom is 0.338 e. The quantitative estimate of drug-likeness (QED) is 0.130. The van der Waals surface area contributed by atoms with E-state index in [0.717, 1.165) is 43.9 Å². The molecule has 81 heavy (non-hydrogen) atoms. The molecule has 2 bridgehead atoms. The number of esters is 2. The molecule has 6 rings (SSSR count). The second kappa shape index (κ2) is 30.7. The molecule has 0 aromatic heterocycles. The highest BCUT2D eigenvalue weighted by molar-refractivity contribution is 6.39. The Kier molecular flexibility index (Phi) is 24.8. The molecule has 4 fully saturated rings. The summed E-state index contributed by atoms with van der Waals surface area (Å²) in [5.41, 5.74) is 2.84. The van der Waals surface area contributed by atoms with Crippen molar-refractivity contribution < 1.29 is 67.4 Å². The molecule has 4 aliphatic heterocycles. The van der Waals surface area contributed by atoms with Crippen LogP contribution in [0.4, 0.5) is 0 Å². The van der Waals surface area contributed by atoms with Crippen LogP contribution in [0, 0.1) is 35.5 Å². The Morgan fingerprint density at radius 3 is 2.20 bits per heavy atom. The zero-order chi connectivity index (χ0) is 59.1. The summed E-state index contributed by atoms with van der Waals surface area (Å²) in [4.78, 5) is 91.3. The number of likely N-dealkylation sites (N-methyl/N-ethyl adjacent to an activating group) is 1. The summed E-state index contributed by atoms with van der Waals surface area (Å²) < 4.78 is 36.2. The Hall–Kier alpha value is -4.72. The van der Waals surface area contributed by atoms with Gasteiger partial charge in [-0.25, -0.2) is 9.59 Å². The maximum absolute atomic E-state index is 14.7. The second-order valence-electron chi connectivity index (χ2n) is 24.2. The monoisotopic (exact) mass is 1130 g/mol. The van der Waals surface area contributed by atoms with Crippen molar-refractivity contribution in [2.75, 3.05) is 61.1 Å². The zero-order valence-corrected chi connectivity index (χ0v) is 50.2. The minimum Gasteiger partial charge on any atom is -0.460 e. The Bertz CT molecular complexity index is 2410. The molecule has 450 valence electrons. The van der Waals surface area contributed by atoms with Crippen molar-refractivity contribution in [2.45, 2.75) is 187 Å². The van der Waals surface area contributed by atoms with E-state index in [1.165, 1.54) is 12.0 Å². The van der Waals surface area contributed by atoms with E-state index >= 15 is 0 Å². The molecule has 17 heteroatoms. The SMILES string of the molecule is CO[C@H]1C[C@@H]2CC[C@@H](C)[C@@](O)(O2)C(=O)C(=O)N2CCCC[C@H]2C(=O)O[C@H]([C@H](C)C[C@@H]2CC[C@@H](OC(=O)c3ccc(CN4CCN(C)CC4)cc3)[C@H](OC)C2)CC(=O)[C@H](C)/C=C(\C)[C@@H](O)[C@@H](OC)C(=O)[C@H](C)C[C@H](C)/C=C/C=C/C=C/1C. The summed E-state index contributed by atoms with van der Waals surface area (Å²) in [6.07, 6.45) is 10.7. The number of ketones is 3. The number of allylic oxidation sites excluding steroid dienone is 6. The molecular weight excluding hydrogens is 1030 g/mol. The highest BCUT2D eigenvalue weighted by Crippen LogP contribution is 2.38. The summed E-state index contributed by atoms with van der Waals surface area (Å²) in [6, 6.07) is 6.41. The lowest BCUT2D eigenvalue weighted by atomic mass is 9.78. The van der Waals surface area contributed by atoms with Crippen LogP contribution in [0.5, 0.6) is 0 Å². The number of methoxy groups -OCH3 is 3. The molecule has 17 nitrogen and oxygen atoms in total. The number of hydrogen-bond acceptors (Lipinski definition) is 16. The molecule has 0 radical (unpaired) electrons. The first-order valence-corrected chi connectivity index (χ1v) is 29.8. The van der Waals surface area contributed by atoms with Crippen LogP contribution in [0.2, 0.25) is 0 Å². The third-order valence-electron chi connectivity index (χ3n) is 17.9. The molecule has 1 amide bonds. The molecule has 0 spiro atoms. The van der Waals surface area contributed by atoms with Gasteiger partial charge in [0.05, 0.1) is 23.9 Å². The van der Waals surface area contributed by atoms with Crippen LogP contribution in [-0.4, -0.2) is 176 Å². The van der Waals surface area contributed by atoms with Gasteiger partial charge in [-0.1, -0.05) is 83.2 Å². The van der Waals surface area contributed by atoms with Crippen LogP contribution < -0.4 is 0 Å². The number of nitrogens with zero attached hydrogens (tertiary/aromatic N) is 3. The van der Waals surface area contributed by atoms with E-state index in [4.69, 9.17) is 28.4 Å². The van der Waals surface area contributed by atoms with Gasteiger partial charge in [0.15, 0.2) is 5.78 Å². The van der Waals surface area contributed by atoms with E-state index in [9.17, 15) is 39.0 Å². The number of Topliss-reactive ketones (excluding diaryl/α,β-unsaturated/α-hetero) is 3. The number of piperazine rings is 1. The Morgan fingerprint density at radius 2 is 1.52 bits per heavy atom. The van der Waals surface area contributed by atoms with Gasteiger partial charge in [0.1, 0.15) is 36.2 Å². The number of piperidine rings is 1. The van der Waals surface area contributed by atoms with Gasteiger partial charge in [-0.05, 0) is 132 Å². The van der Waals surface area contributed by atoms with Crippen molar-refractivity contribution in [3.63, 3.8) is 0 Å². The Labute approximate surface area is 481 Å². The summed E-state index contributed by atoms with van der Waals surface area (Å²) in [7, 11) is 6.68. The highest BCUT2D eigenvalue weighted by Gasteiger charge is 2.53. The van der Waals surface area contributed by atoms with Gasteiger partial charge in [0, 0.05) is 91.2 Å². The molecule has 1 saturated carbocycles.